The van der Waals surface area contributed by atoms with Gasteiger partial charge in [-0.15, -0.1) is 0 Å². The van der Waals surface area contributed by atoms with E-state index in [1.807, 2.05) is 203 Å². The number of pyridine rings is 5. The van der Waals surface area contributed by atoms with Crippen LogP contribution in [0.1, 0.15) is 74.3 Å². The standard InChI is InChI=1S/C27H25N5O.C24H16N2O4.C23H23N5O.C22H23N5O2.C20H19N5O/c1-31(2)23-11-9-20(10-12-23)21-14-24-25(17-29-27(24)28-15-21)22-16-30-32(18-22)26(33)13-8-19-6-4-3-5-7-19;27-24(28)22-11-16(14-29-22)20-13-26-23-19(20)10-15(12-25-23)18-8-4-5-9-21(18)30-17-6-2-1-3-7-17;1-27(2)19-8-6-15(7-9-19)17-10-20-21(13-25-22(20)24-11-17)18-12-26-28(14-18)23(29)16-4-3-5-16;1-26(2)18-6-4-15(5-7-18)16-10-19-20(13-24-22(19)23-11-16)17-12-25-27(14-17)21(28)8-9-29-3;1-13(26)25-12-16(10-23-25)19-11-22-20-18(19)8-15(9-21-20)14-4-6-17(7-5-14)24(2)3/h3-7,9-12,14-18H,8,13H2,1-2H3,(H,28,29);1-14H,(H,25,26)(H,27,28);6-14,16H,3-5H2,1-2H3,(H,24,25);4-7,10-14H,8-9H2,1-3H3,(H,23,24);4-12H,1-3H3,(H,21,22). The van der Waals surface area contributed by atoms with E-state index >= 15 is 0 Å². The summed E-state index contributed by atoms with van der Waals surface area (Å²) in [6.07, 6.45) is 38.7. The summed E-state index contributed by atoms with van der Waals surface area (Å²) < 4.78 is 21.8. The van der Waals surface area contributed by atoms with Gasteiger partial charge in [-0.2, -0.15) is 20.4 Å². The molecule has 0 amide bonds. The minimum absolute atomic E-state index is 0.0234. The molecule has 6 N–H and O–H groups in total. The lowest BCUT2D eigenvalue weighted by Crippen LogP contribution is -2.27. The molecule has 15 aromatic heterocycles. The zero-order chi connectivity index (χ0) is 102. The number of carboxylic acids is 1. The van der Waals surface area contributed by atoms with Crippen LogP contribution in [-0.2, 0) is 11.2 Å². The van der Waals surface area contributed by atoms with Crippen LogP contribution in [0, 0.1) is 5.92 Å². The molecule has 734 valence electrons. The van der Waals surface area contributed by atoms with Crippen molar-refractivity contribution in [3.05, 3.63) is 348 Å². The number of nitrogens with zero attached hydrogens (tertiary/aromatic N) is 17. The predicted molar refractivity (Wildman–Crippen MR) is 578 cm³/mol. The number of hydrogen-bond acceptors (Lipinski definition) is 21. The number of ether oxygens (including phenoxy) is 2. The Balaban J connectivity index is 0.000000116. The van der Waals surface area contributed by atoms with Gasteiger partial charge in [0.05, 0.1) is 44.1 Å². The van der Waals surface area contributed by atoms with E-state index in [9.17, 15) is 24.0 Å². The summed E-state index contributed by atoms with van der Waals surface area (Å²) in [5.74, 6) is 0.251. The number of carbonyl (C=O) groups excluding carboxylic acids is 4. The van der Waals surface area contributed by atoms with E-state index in [1.54, 1.807) is 62.9 Å². The normalized spacial score (nSPS) is 11.7. The van der Waals surface area contributed by atoms with E-state index in [-0.39, 0.29) is 35.3 Å². The molecular weight excluding hydrogens is 1850 g/mol. The maximum Gasteiger partial charge on any atom is 0.371 e. The van der Waals surface area contributed by atoms with Crippen LogP contribution in [0.4, 0.5) is 22.7 Å². The van der Waals surface area contributed by atoms with Crippen molar-refractivity contribution in [1.29, 1.82) is 0 Å². The molecule has 0 atom stereocenters. The van der Waals surface area contributed by atoms with E-state index in [0.29, 0.717) is 37.1 Å². The third-order valence-corrected chi connectivity index (χ3v) is 25.9. The van der Waals surface area contributed by atoms with Gasteiger partial charge in [0.25, 0.3) is 0 Å². The first kappa shape index (κ1) is 97.1. The molecule has 0 bridgehead atoms. The highest BCUT2D eigenvalue weighted by molar-refractivity contribution is 6.02. The largest absolute Gasteiger partial charge is 0.475 e. The van der Waals surface area contributed by atoms with Gasteiger partial charge in [0.1, 0.15) is 39.7 Å². The van der Waals surface area contributed by atoms with Gasteiger partial charge < -0.3 is 63.5 Å². The summed E-state index contributed by atoms with van der Waals surface area (Å²) in [5.41, 5.74) is 29.1. The fourth-order valence-corrected chi connectivity index (χ4v) is 17.4. The summed E-state index contributed by atoms with van der Waals surface area (Å²) in [7, 11) is 17.8. The molecule has 0 aliphatic heterocycles. The first-order valence-electron chi connectivity index (χ1n) is 47.9. The third kappa shape index (κ3) is 21.8. The number of aromatic amines is 5. The lowest BCUT2D eigenvalue weighted by molar-refractivity contribution is 0.0660. The van der Waals surface area contributed by atoms with E-state index < -0.39 is 5.97 Å². The smallest absolute Gasteiger partial charge is 0.371 e. The van der Waals surface area contributed by atoms with Gasteiger partial charge in [0.15, 0.2) is 0 Å². The van der Waals surface area contributed by atoms with Crippen molar-refractivity contribution in [2.75, 3.05) is 89.7 Å². The molecule has 0 unspecified atom stereocenters. The maximum absolute atomic E-state index is 12.7. The van der Waals surface area contributed by atoms with Crippen LogP contribution in [0.25, 0.3) is 166 Å². The summed E-state index contributed by atoms with van der Waals surface area (Å²) in [6, 6.07) is 73.0. The Morgan fingerprint density at radius 3 is 1.07 bits per heavy atom. The Morgan fingerprint density at radius 1 is 0.367 bits per heavy atom. The van der Waals surface area contributed by atoms with E-state index in [4.69, 9.17) is 19.0 Å². The number of nitrogens with one attached hydrogen (secondary N) is 5. The second-order valence-corrected chi connectivity index (χ2v) is 36.5. The van der Waals surface area contributed by atoms with Crippen LogP contribution < -0.4 is 24.3 Å². The molecule has 147 heavy (non-hydrogen) atoms. The lowest BCUT2D eigenvalue weighted by atomic mass is 9.85. The van der Waals surface area contributed by atoms with E-state index in [2.05, 4.69) is 211 Å². The average molecular weight is 1950 g/mol. The minimum Gasteiger partial charge on any atom is -0.475 e. The summed E-state index contributed by atoms with van der Waals surface area (Å²) in [6.45, 7) is 1.87. The van der Waals surface area contributed by atoms with Gasteiger partial charge in [-0.3, -0.25) is 19.2 Å². The second kappa shape index (κ2) is 43.4. The molecule has 1 aliphatic carbocycles. The van der Waals surface area contributed by atoms with Crippen LogP contribution in [0.2, 0.25) is 0 Å². The molecule has 1 saturated carbocycles. The van der Waals surface area contributed by atoms with Gasteiger partial charge in [0, 0.05) is 308 Å². The highest BCUT2D eigenvalue weighted by Gasteiger charge is 2.28. The van der Waals surface area contributed by atoms with E-state index in [0.717, 1.165) is 214 Å². The van der Waals surface area contributed by atoms with Crippen LogP contribution in [0.3, 0.4) is 0 Å². The Bertz CT molecular complexity index is 8440. The number of anilines is 4. The number of aryl methyl sites for hydroxylation is 1. The van der Waals surface area contributed by atoms with Crippen LogP contribution >= 0.6 is 0 Å². The molecular formula is C116H106N22O9. The van der Waals surface area contributed by atoms with Crippen molar-refractivity contribution in [1.82, 2.24) is 89.0 Å². The zero-order valence-corrected chi connectivity index (χ0v) is 82.6. The number of methoxy groups -OCH3 is 1. The number of rotatable bonds is 24. The van der Waals surface area contributed by atoms with Gasteiger partial charge >= 0.3 is 5.97 Å². The van der Waals surface area contributed by atoms with Crippen molar-refractivity contribution in [3.8, 4) is 123 Å². The summed E-state index contributed by atoms with van der Waals surface area (Å²) >= 11 is 0. The van der Waals surface area contributed by atoms with E-state index in [1.165, 1.54) is 38.0 Å². The Hall–Kier alpha value is -18.8. The molecule has 0 spiro atoms. The predicted octanol–water partition coefficient (Wildman–Crippen LogP) is 23.7. The molecule has 7 aromatic carbocycles. The SMILES string of the molecule is CC(=O)n1cc(-c2c[nH]c3ncc(-c4ccc(N(C)C)cc4)cc23)cn1.CN(C)c1ccc(-c2cnc3[nH]cc(-c4cnn(C(=O)C5CCC5)c4)c3c2)cc1.CN(C)c1ccc(-c2cnc3[nH]cc(-c4cnn(C(=O)CCc5ccccc5)c4)c3c2)cc1.COCCC(=O)n1cc(-c2c[nH]c3ncc(-c4ccc(N(C)C)cc4)cc23)cn1.O=C(O)c1cc(-c2c[nH]c3ncc(-c4ccccc4Oc4ccccc4)cc23)co1. The van der Waals surface area contributed by atoms with Crippen molar-refractivity contribution in [2.45, 2.75) is 45.4 Å². The highest BCUT2D eigenvalue weighted by Crippen LogP contribution is 2.41. The molecule has 0 saturated heterocycles. The molecule has 15 heterocycles. The number of aromatic carboxylic acids is 1. The van der Waals surface area contributed by atoms with Gasteiger partial charge in [-0.05, 0) is 150 Å². The number of fused-ring (bicyclic) bond motifs is 5. The Labute approximate surface area is 845 Å². The topological polar surface area (TPSA) is 365 Å². The first-order valence-corrected chi connectivity index (χ1v) is 47.9. The van der Waals surface area contributed by atoms with Crippen molar-refractivity contribution >= 4 is 108 Å². The number of para-hydroxylation sites is 2. The highest BCUT2D eigenvalue weighted by atomic mass is 16.5. The van der Waals surface area contributed by atoms with Crippen LogP contribution in [0.5, 0.6) is 11.5 Å². The summed E-state index contributed by atoms with van der Waals surface area (Å²) in [4.78, 5) is 107. The van der Waals surface area contributed by atoms with Gasteiger partial charge in [0.2, 0.25) is 29.4 Å². The Kier molecular flexibility index (Phi) is 28.6. The molecule has 1 aliphatic rings. The zero-order valence-electron chi connectivity index (χ0n) is 82.6. The fraction of sp³-hybridized carbons (Fsp3) is 0.155. The molecule has 1 fully saturated rings. The van der Waals surface area contributed by atoms with Crippen LogP contribution in [-0.4, -0.2) is 194 Å². The number of carbonyl (C=O) groups is 5. The third-order valence-electron chi connectivity index (χ3n) is 25.9. The monoisotopic (exact) mass is 1950 g/mol. The molecule has 31 nitrogen and oxygen atoms in total. The lowest BCUT2D eigenvalue weighted by Gasteiger charge is -2.22. The second-order valence-electron chi connectivity index (χ2n) is 36.5. The maximum atomic E-state index is 12.7. The van der Waals surface area contributed by atoms with Crippen LogP contribution in [0.15, 0.2) is 341 Å². The fourth-order valence-electron chi connectivity index (χ4n) is 17.4. The molecule has 0 radical (unpaired) electrons. The van der Waals surface area contributed by atoms with Gasteiger partial charge in [-0.1, -0.05) is 122 Å². The van der Waals surface area contributed by atoms with Gasteiger partial charge in [-0.25, -0.2) is 48.4 Å². The molecule has 31 heteroatoms. The number of furan rings is 1. The minimum atomic E-state index is -1.10. The number of H-pyrrole nitrogens is 5. The van der Waals surface area contributed by atoms with Crippen molar-refractivity contribution in [2.24, 2.45) is 5.92 Å². The molecule has 22 aromatic rings. The first-order chi connectivity index (χ1) is 71.5. The van der Waals surface area contributed by atoms with Crippen molar-refractivity contribution < 1.29 is 43.0 Å². The molecule has 23 rings (SSSR count). The number of aromatic nitrogens is 18. The summed E-state index contributed by atoms with van der Waals surface area (Å²) in [5, 5.41) is 31.0. The number of hydrogen-bond donors (Lipinski definition) is 6. The van der Waals surface area contributed by atoms with Crippen molar-refractivity contribution in [3.63, 3.8) is 0 Å². The average Bonchev–Trinajstić information content (AvgIpc) is 1.66. The number of benzene rings is 7. The number of carboxylic acid groups (broad SMARTS) is 1. The Morgan fingerprint density at radius 2 is 0.707 bits per heavy atom. The quantitative estimate of drug-likeness (QED) is 0.0327.